The van der Waals surface area contributed by atoms with Crippen LogP contribution < -0.4 is 5.32 Å². The van der Waals surface area contributed by atoms with Crippen LogP contribution in [0.15, 0.2) is 12.4 Å². The van der Waals surface area contributed by atoms with Crippen molar-refractivity contribution in [1.29, 1.82) is 0 Å². The Balaban J connectivity index is 2.15. The van der Waals surface area contributed by atoms with E-state index >= 15 is 0 Å². The average Bonchev–Trinajstić information content (AvgIpc) is 2.82. The van der Waals surface area contributed by atoms with Gasteiger partial charge in [0.05, 0.1) is 6.04 Å². The molecule has 1 N–H and O–H groups in total. The highest BCUT2D eigenvalue weighted by Crippen LogP contribution is 2.24. The molecule has 0 bridgehead atoms. The van der Waals surface area contributed by atoms with E-state index in [2.05, 4.69) is 34.1 Å². The van der Waals surface area contributed by atoms with Gasteiger partial charge >= 0.3 is 0 Å². The van der Waals surface area contributed by atoms with E-state index < -0.39 is 0 Å². The van der Waals surface area contributed by atoms with Crippen LogP contribution in [-0.2, 0) is 6.42 Å². The normalized spacial score (nSPS) is 12.4. The van der Waals surface area contributed by atoms with Crippen molar-refractivity contribution in [1.82, 2.24) is 15.0 Å². The number of nitrogens with zero attached hydrogens (tertiary/aromatic N) is 3. The summed E-state index contributed by atoms with van der Waals surface area (Å²) in [7, 11) is 0. The second-order valence-corrected chi connectivity index (χ2v) is 5.54. The zero-order valence-electron chi connectivity index (χ0n) is 10.6. The Bertz CT molecular complexity index is 541. The molecule has 18 heavy (non-hydrogen) atoms. The molecule has 2 aromatic heterocycles. The third-order valence-electron chi connectivity index (χ3n) is 2.59. The maximum absolute atomic E-state index is 5.80. The van der Waals surface area contributed by atoms with E-state index in [9.17, 15) is 0 Å². The van der Waals surface area contributed by atoms with Gasteiger partial charge in [0.1, 0.15) is 10.8 Å². The van der Waals surface area contributed by atoms with E-state index in [0.717, 1.165) is 22.8 Å². The summed E-state index contributed by atoms with van der Waals surface area (Å²) >= 11 is 7.52. The summed E-state index contributed by atoms with van der Waals surface area (Å²) < 4.78 is 0. The zero-order chi connectivity index (χ0) is 13.1. The van der Waals surface area contributed by atoms with Gasteiger partial charge in [-0.25, -0.2) is 15.0 Å². The second kappa shape index (κ2) is 5.63. The second-order valence-electron chi connectivity index (χ2n) is 4.06. The Morgan fingerprint density at radius 3 is 2.83 bits per heavy atom. The molecule has 1 unspecified atom stereocenters. The molecule has 0 aromatic carbocycles. The van der Waals surface area contributed by atoms with Crippen LogP contribution in [0.1, 0.15) is 35.3 Å². The smallest absolute Gasteiger partial charge is 0.224 e. The van der Waals surface area contributed by atoms with Crippen molar-refractivity contribution in [3.63, 3.8) is 0 Å². The maximum Gasteiger partial charge on any atom is 0.224 e. The first-order chi connectivity index (χ1) is 8.60. The highest BCUT2D eigenvalue weighted by molar-refractivity contribution is 7.11. The quantitative estimate of drug-likeness (QED) is 0.870. The van der Waals surface area contributed by atoms with Crippen molar-refractivity contribution in [2.24, 2.45) is 0 Å². The largest absolute Gasteiger partial charge is 0.361 e. The summed E-state index contributed by atoms with van der Waals surface area (Å²) in [6.07, 6.45) is 4.66. The van der Waals surface area contributed by atoms with Gasteiger partial charge in [-0.2, -0.15) is 0 Å². The van der Waals surface area contributed by atoms with Gasteiger partial charge in [0.25, 0.3) is 0 Å². The van der Waals surface area contributed by atoms with Crippen LogP contribution in [0.5, 0.6) is 0 Å². The third-order valence-corrected chi connectivity index (χ3v) is 4.09. The van der Waals surface area contributed by atoms with E-state index in [0.29, 0.717) is 0 Å². The first kappa shape index (κ1) is 13.2. The lowest BCUT2D eigenvalue weighted by Crippen LogP contribution is -2.09. The number of aromatic nitrogens is 3. The van der Waals surface area contributed by atoms with Crippen molar-refractivity contribution in [2.75, 3.05) is 5.32 Å². The van der Waals surface area contributed by atoms with Gasteiger partial charge in [-0.05, 0) is 31.9 Å². The van der Waals surface area contributed by atoms with Gasteiger partial charge in [-0.3, -0.25) is 0 Å². The molecular weight excluding hydrogens is 268 g/mol. The lowest BCUT2D eigenvalue weighted by atomic mass is 10.3. The highest BCUT2D eigenvalue weighted by Gasteiger charge is 2.12. The van der Waals surface area contributed by atoms with Crippen molar-refractivity contribution < 1.29 is 0 Å². The first-order valence-corrected chi connectivity index (χ1v) is 7.00. The Morgan fingerprint density at radius 2 is 2.17 bits per heavy atom. The third kappa shape index (κ3) is 2.97. The number of hydrogen-bond donors (Lipinski definition) is 1. The summed E-state index contributed by atoms with van der Waals surface area (Å²) in [6.45, 7) is 6.14. The van der Waals surface area contributed by atoms with Gasteiger partial charge in [0.15, 0.2) is 0 Å². The van der Waals surface area contributed by atoms with E-state index in [4.69, 9.17) is 11.6 Å². The fourth-order valence-corrected chi connectivity index (χ4v) is 2.51. The molecule has 6 heteroatoms. The van der Waals surface area contributed by atoms with E-state index in [1.807, 2.05) is 13.1 Å². The molecular formula is C12H15ClN4S. The fraction of sp³-hybridized carbons (Fsp3) is 0.417. The monoisotopic (exact) mass is 282 g/mol. The summed E-state index contributed by atoms with van der Waals surface area (Å²) in [5, 5.41) is 4.63. The lowest BCUT2D eigenvalue weighted by Gasteiger charge is -2.13. The number of anilines is 1. The molecule has 0 saturated heterocycles. The Morgan fingerprint density at radius 1 is 1.39 bits per heavy atom. The Labute approximate surface area is 115 Å². The number of aryl methyl sites for hydroxylation is 2. The molecule has 2 aromatic rings. The van der Waals surface area contributed by atoms with Crippen LogP contribution in [0.3, 0.4) is 0 Å². The Hall–Kier alpha value is -1.20. The molecule has 1 atom stereocenters. The molecule has 0 aliphatic rings. The van der Waals surface area contributed by atoms with Crippen LogP contribution >= 0.6 is 22.9 Å². The van der Waals surface area contributed by atoms with Gasteiger partial charge in [-0.1, -0.05) is 6.92 Å². The van der Waals surface area contributed by atoms with E-state index in [-0.39, 0.29) is 11.3 Å². The number of thiazole rings is 1. The number of rotatable bonds is 4. The molecule has 2 rings (SSSR count). The molecule has 96 valence electrons. The molecule has 0 aliphatic heterocycles. The first-order valence-electron chi connectivity index (χ1n) is 5.80. The zero-order valence-corrected chi connectivity index (χ0v) is 12.1. The number of hydrogen-bond acceptors (Lipinski definition) is 5. The molecule has 0 amide bonds. The van der Waals surface area contributed by atoms with E-state index in [1.165, 1.54) is 4.88 Å². The minimum absolute atomic E-state index is 0.111. The molecule has 0 spiro atoms. The summed E-state index contributed by atoms with van der Waals surface area (Å²) in [5.74, 6) is 0.760. The topological polar surface area (TPSA) is 50.7 Å². The number of halogens is 1. The fourth-order valence-electron chi connectivity index (χ4n) is 1.52. The summed E-state index contributed by atoms with van der Waals surface area (Å²) in [5.41, 5.74) is 0.971. The summed E-state index contributed by atoms with van der Waals surface area (Å²) in [4.78, 5) is 13.8. The number of nitrogens with one attached hydrogen (secondary N) is 1. The lowest BCUT2D eigenvalue weighted by molar-refractivity contribution is 0.855. The van der Waals surface area contributed by atoms with E-state index in [1.54, 1.807) is 17.5 Å². The molecule has 0 aliphatic carbocycles. The minimum atomic E-state index is 0.111. The van der Waals surface area contributed by atoms with Gasteiger partial charge in [0.2, 0.25) is 5.28 Å². The molecule has 4 nitrogen and oxygen atoms in total. The van der Waals surface area contributed by atoms with Gasteiger partial charge in [0, 0.05) is 22.8 Å². The Kier molecular flexibility index (Phi) is 4.14. The molecule has 0 radical (unpaired) electrons. The molecule has 0 saturated carbocycles. The summed E-state index contributed by atoms with van der Waals surface area (Å²) in [6, 6.07) is 0.111. The van der Waals surface area contributed by atoms with Gasteiger partial charge < -0.3 is 5.32 Å². The minimum Gasteiger partial charge on any atom is -0.361 e. The average molecular weight is 283 g/mol. The standard InChI is InChI=1S/C12H15ClN4S/c1-4-9-6-14-11(18-9)8(3)16-10-7(2)5-15-12(13)17-10/h5-6,8H,4H2,1-3H3,(H,15,16,17). The molecule has 0 fully saturated rings. The van der Waals surface area contributed by atoms with Crippen molar-refractivity contribution in [3.8, 4) is 0 Å². The maximum atomic E-state index is 5.80. The van der Waals surface area contributed by atoms with Gasteiger partial charge in [-0.15, -0.1) is 11.3 Å². The predicted octanol–water partition coefficient (Wildman–Crippen LogP) is 3.63. The van der Waals surface area contributed by atoms with Crippen molar-refractivity contribution in [3.05, 3.63) is 33.1 Å². The van der Waals surface area contributed by atoms with Crippen LogP contribution in [0, 0.1) is 6.92 Å². The van der Waals surface area contributed by atoms with Crippen LogP contribution in [0.2, 0.25) is 5.28 Å². The van der Waals surface area contributed by atoms with Crippen molar-refractivity contribution >= 4 is 28.8 Å². The van der Waals surface area contributed by atoms with Crippen molar-refractivity contribution in [2.45, 2.75) is 33.2 Å². The SMILES string of the molecule is CCc1cnc(C(C)Nc2nc(Cl)ncc2C)s1. The van der Waals surface area contributed by atoms with Crippen LogP contribution in [-0.4, -0.2) is 15.0 Å². The molecule has 2 heterocycles. The van der Waals surface area contributed by atoms with Crippen LogP contribution in [0.4, 0.5) is 5.82 Å². The van der Waals surface area contributed by atoms with Crippen LogP contribution in [0.25, 0.3) is 0 Å². The predicted molar refractivity (Wildman–Crippen MR) is 75.3 cm³/mol. The highest BCUT2D eigenvalue weighted by atomic mass is 35.5.